The molecule has 3 nitrogen and oxygen atoms in total. The molecule has 1 amide bonds. The third kappa shape index (κ3) is 3.44. The number of carbonyl (C=O) groups excluding carboxylic acids is 1. The number of rotatable bonds is 3. The van der Waals surface area contributed by atoms with Gasteiger partial charge in [0.05, 0.1) is 0 Å². The molecule has 1 N–H and O–H groups in total. The minimum absolute atomic E-state index is 0.389. The van der Waals surface area contributed by atoms with Crippen LogP contribution in [0, 0.1) is 17.8 Å². The van der Waals surface area contributed by atoms with Gasteiger partial charge in [-0.1, -0.05) is 13.8 Å². The van der Waals surface area contributed by atoms with E-state index >= 15 is 0 Å². The summed E-state index contributed by atoms with van der Waals surface area (Å²) in [7, 11) is 0. The van der Waals surface area contributed by atoms with Crippen molar-refractivity contribution in [2.45, 2.75) is 39.5 Å². The van der Waals surface area contributed by atoms with Crippen LogP contribution in [0.15, 0.2) is 0 Å². The number of amides is 1. The number of nitrogens with one attached hydrogen (secondary N) is 1. The fourth-order valence-electron chi connectivity index (χ4n) is 3.10. The zero-order valence-electron chi connectivity index (χ0n) is 11.2. The average Bonchev–Trinajstić information content (AvgIpc) is 2.72. The highest BCUT2D eigenvalue weighted by molar-refractivity contribution is 5.76. The van der Waals surface area contributed by atoms with E-state index in [9.17, 15) is 4.79 Å². The lowest BCUT2D eigenvalue weighted by Crippen LogP contribution is -2.35. The van der Waals surface area contributed by atoms with Gasteiger partial charge in [-0.15, -0.1) is 0 Å². The Balaban J connectivity index is 1.86. The first-order valence-corrected chi connectivity index (χ1v) is 7.15. The summed E-state index contributed by atoms with van der Waals surface area (Å²) >= 11 is 0. The summed E-state index contributed by atoms with van der Waals surface area (Å²) in [4.78, 5) is 14.2. The van der Waals surface area contributed by atoms with E-state index in [4.69, 9.17) is 0 Å². The molecule has 0 bridgehead atoms. The van der Waals surface area contributed by atoms with Crippen LogP contribution in [-0.4, -0.2) is 37.0 Å². The summed E-state index contributed by atoms with van der Waals surface area (Å²) in [6, 6.07) is 0. The Kier molecular flexibility index (Phi) is 4.43. The maximum Gasteiger partial charge on any atom is 0.222 e. The molecule has 0 spiro atoms. The van der Waals surface area contributed by atoms with Crippen molar-refractivity contribution >= 4 is 5.91 Å². The molecule has 3 heteroatoms. The number of hydrogen-bond acceptors (Lipinski definition) is 2. The van der Waals surface area contributed by atoms with Gasteiger partial charge in [-0.25, -0.2) is 0 Å². The van der Waals surface area contributed by atoms with Crippen molar-refractivity contribution < 1.29 is 4.79 Å². The molecule has 2 unspecified atom stereocenters. The Labute approximate surface area is 105 Å². The van der Waals surface area contributed by atoms with Crippen molar-refractivity contribution in [1.82, 2.24) is 10.2 Å². The monoisotopic (exact) mass is 238 g/mol. The fraction of sp³-hybridized carbons (Fsp3) is 0.929. The van der Waals surface area contributed by atoms with E-state index in [0.29, 0.717) is 11.8 Å². The van der Waals surface area contributed by atoms with Crippen LogP contribution in [0.5, 0.6) is 0 Å². The zero-order chi connectivity index (χ0) is 12.3. The highest BCUT2D eigenvalue weighted by atomic mass is 16.2. The largest absolute Gasteiger partial charge is 0.342 e. The molecule has 2 heterocycles. The smallest absolute Gasteiger partial charge is 0.222 e. The van der Waals surface area contributed by atoms with Gasteiger partial charge in [0.2, 0.25) is 5.91 Å². The van der Waals surface area contributed by atoms with Crippen molar-refractivity contribution in [1.29, 1.82) is 0 Å². The van der Waals surface area contributed by atoms with Crippen LogP contribution in [0.1, 0.15) is 39.5 Å². The Morgan fingerprint density at radius 3 is 2.82 bits per heavy atom. The van der Waals surface area contributed by atoms with Gasteiger partial charge < -0.3 is 10.2 Å². The lowest BCUT2D eigenvalue weighted by molar-refractivity contribution is -0.131. The van der Waals surface area contributed by atoms with Gasteiger partial charge >= 0.3 is 0 Å². The van der Waals surface area contributed by atoms with Crippen molar-refractivity contribution in [2.24, 2.45) is 17.8 Å². The average molecular weight is 238 g/mol. The standard InChI is InChI=1S/C14H26N2O/c1-11(2)13-3-4-14(17)16(8-6-13)10-12-5-7-15-9-12/h11-13,15H,3-10H2,1-2H3. The van der Waals surface area contributed by atoms with E-state index < -0.39 is 0 Å². The quantitative estimate of drug-likeness (QED) is 0.814. The summed E-state index contributed by atoms with van der Waals surface area (Å²) in [5.74, 6) is 2.54. The van der Waals surface area contributed by atoms with E-state index in [-0.39, 0.29) is 0 Å². The number of nitrogens with zero attached hydrogens (tertiary/aromatic N) is 1. The first kappa shape index (κ1) is 12.9. The summed E-state index contributed by atoms with van der Waals surface area (Å²) in [5, 5.41) is 3.38. The highest BCUT2D eigenvalue weighted by Crippen LogP contribution is 2.25. The van der Waals surface area contributed by atoms with Crippen molar-refractivity contribution in [3.05, 3.63) is 0 Å². The third-order valence-electron chi connectivity index (χ3n) is 4.44. The Morgan fingerprint density at radius 1 is 1.35 bits per heavy atom. The molecule has 0 radical (unpaired) electrons. The fourth-order valence-corrected chi connectivity index (χ4v) is 3.10. The minimum atomic E-state index is 0.389. The molecule has 0 aromatic rings. The first-order valence-electron chi connectivity index (χ1n) is 7.15. The van der Waals surface area contributed by atoms with Gasteiger partial charge in [-0.2, -0.15) is 0 Å². The van der Waals surface area contributed by atoms with Gasteiger partial charge in [-0.05, 0) is 50.1 Å². The molecule has 2 aliphatic heterocycles. The highest BCUT2D eigenvalue weighted by Gasteiger charge is 2.26. The summed E-state index contributed by atoms with van der Waals surface area (Å²) in [6.45, 7) is 8.75. The van der Waals surface area contributed by atoms with Crippen LogP contribution in [0.2, 0.25) is 0 Å². The van der Waals surface area contributed by atoms with Gasteiger partial charge in [0.25, 0.3) is 0 Å². The van der Waals surface area contributed by atoms with Crippen molar-refractivity contribution in [2.75, 3.05) is 26.2 Å². The van der Waals surface area contributed by atoms with Crippen LogP contribution in [0.4, 0.5) is 0 Å². The maximum absolute atomic E-state index is 12.1. The van der Waals surface area contributed by atoms with Crippen molar-refractivity contribution in [3.8, 4) is 0 Å². The van der Waals surface area contributed by atoms with Gasteiger partial charge in [0, 0.05) is 19.5 Å². The Hall–Kier alpha value is -0.570. The Morgan fingerprint density at radius 2 is 2.18 bits per heavy atom. The molecule has 2 aliphatic rings. The van der Waals surface area contributed by atoms with Gasteiger partial charge in [0.15, 0.2) is 0 Å². The van der Waals surface area contributed by atoms with E-state index in [2.05, 4.69) is 24.1 Å². The predicted octanol–water partition coefficient (Wildman–Crippen LogP) is 1.88. The topological polar surface area (TPSA) is 32.3 Å². The minimum Gasteiger partial charge on any atom is -0.342 e. The van der Waals surface area contributed by atoms with E-state index in [0.717, 1.165) is 50.9 Å². The molecule has 2 rings (SSSR count). The van der Waals surface area contributed by atoms with Crippen LogP contribution >= 0.6 is 0 Å². The number of carbonyl (C=O) groups is 1. The van der Waals surface area contributed by atoms with E-state index in [1.807, 2.05) is 0 Å². The second-order valence-corrected chi connectivity index (χ2v) is 6.03. The summed E-state index contributed by atoms with van der Waals surface area (Å²) < 4.78 is 0. The third-order valence-corrected chi connectivity index (χ3v) is 4.44. The molecule has 2 atom stereocenters. The molecule has 2 saturated heterocycles. The second kappa shape index (κ2) is 5.85. The van der Waals surface area contributed by atoms with E-state index in [1.165, 1.54) is 12.8 Å². The molecule has 0 aromatic heterocycles. The zero-order valence-corrected chi connectivity index (χ0v) is 11.2. The number of likely N-dealkylation sites (tertiary alicyclic amines) is 1. The molecule has 17 heavy (non-hydrogen) atoms. The lowest BCUT2D eigenvalue weighted by Gasteiger charge is -2.24. The lowest BCUT2D eigenvalue weighted by atomic mass is 9.89. The van der Waals surface area contributed by atoms with Crippen LogP contribution in [0.3, 0.4) is 0 Å². The predicted molar refractivity (Wildman–Crippen MR) is 69.7 cm³/mol. The molecular formula is C14H26N2O. The normalized spacial score (nSPS) is 31.0. The van der Waals surface area contributed by atoms with Crippen LogP contribution < -0.4 is 5.32 Å². The summed E-state index contributed by atoms with van der Waals surface area (Å²) in [6.07, 6.45) is 4.29. The Bertz CT molecular complexity index is 259. The molecule has 0 aliphatic carbocycles. The maximum atomic E-state index is 12.1. The molecule has 0 saturated carbocycles. The molecular weight excluding hydrogens is 212 g/mol. The van der Waals surface area contributed by atoms with E-state index in [1.54, 1.807) is 0 Å². The molecule has 98 valence electrons. The first-order chi connectivity index (χ1) is 8.16. The SMILES string of the molecule is CC(C)C1CCC(=O)N(CC2CCNC2)CC1. The molecule has 2 fully saturated rings. The van der Waals surface area contributed by atoms with Gasteiger partial charge in [-0.3, -0.25) is 4.79 Å². The van der Waals surface area contributed by atoms with Crippen LogP contribution in [0.25, 0.3) is 0 Å². The number of hydrogen-bond donors (Lipinski definition) is 1. The molecule has 0 aromatic carbocycles. The second-order valence-electron chi connectivity index (χ2n) is 6.03. The van der Waals surface area contributed by atoms with Crippen molar-refractivity contribution in [3.63, 3.8) is 0 Å². The summed E-state index contributed by atoms with van der Waals surface area (Å²) in [5.41, 5.74) is 0. The van der Waals surface area contributed by atoms with Crippen LogP contribution in [-0.2, 0) is 4.79 Å². The van der Waals surface area contributed by atoms with Gasteiger partial charge in [0.1, 0.15) is 0 Å².